The first kappa shape index (κ1) is 12.2. The average molecular weight is 244 g/mol. The molecule has 2 aliphatic rings. The molecule has 0 radical (unpaired) electrons. The monoisotopic (exact) mass is 244 g/mol. The van der Waals surface area contributed by atoms with Gasteiger partial charge in [-0.25, -0.2) is 0 Å². The highest BCUT2D eigenvalue weighted by atomic mass is 32.2. The zero-order valence-corrected chi connectivity index (χ0v) is 10.5. The summed E-state index contributed by atoms with van der Waals surface area (Å²) in [7, 11) is 0. The van der Waals surface area contributed by atoms with Crippen LogP contribution in [0.1, 0.15) is 19.8 Å². The Morgan fingerprint density at radius 1 is 1.56 bits per heavy atom. The quantitative estimate of drug-likeness (QED) is 0.750. The van der Waals surface area contributed by atoms with Crippen molar-refractivity contribution in [3.8, 4) is 0 Å². The molecule has 1 amide bonds. The molecule has 1 unspecified atom stereocenters. The van der Waals surface area contributed by atoms with Crippen LogP contribution in [0.5, 0.6) is 0 Å². The van der Waals surface area contributed by atoms with Crippen molar-refractivity contribution in [3.63, 3.8) is 0 Å². The van der Waals surface area contributed by atoms with Crippen molar-refractivity contribution in [1.82, 2.24) is 10.6 Å². The first-order valence-corrected chi connectivity index (χ1v) is 7.18. The molecular weight excluding hydrogens is 224 g/mol. The van der Waals surface area contributed by atoms with Gasteiger partial charge in [0.2, 0.25) is 5.91 Å². The summed E-state index contributed by atoms with van der Waals surface area (Å²) in [6, 6.07) is 0.336. The van der Waals surface area contributed by atoms with Crippen molar-refractivity contribution in [2.24, 2.45) is 0 Å². The molecule has 0 aromatic carbocycles. The van der Waals surface area contributed by atoms with E-state index >= 15 is 0 Å². The van der Waals surface area contributed by atoms with Crippen molar-refractivity contribution >= 4 is 17.7 Å². The van der Waals surface area contributed by atoms with E-state index in [9.17, 15) is 4.79 Å². The normalized spacial score (nSPS) is 34.2. The number of ether oxygens (including phenoxy) is 1. The van der Waals surface area contributed by atoms with Gasteiger partial charge >= 0.3 is 0 Å². The maximum Gasteiger partial charge on any atom is 0.238 e. The molecule has 0 spiro atoms. The highest BCUT2D eigenvalue weighted by molar-refractivity contribution is 7.99. The van der Waals surface area contributed by atoms with Crippen LogP contribution in [-0.2, 0) is 9.53 Å². The number of nitrogens with one attached hydrogen (secondary N) is 2. The van der Waals surface area contributed by atoms with Gasteiger partial charge in [0.05, 0.1) is 12.1 Å². The molecule has 1 aliphatic carbocycles. The summed E-state index contributed by atoms with van der Waals surface area (Å²) in [6.45, 7) is 3.72. The molecule has 1 saturated heterocycles. The lowest BCUT2D eigenvalue weighted by atomic mass is 9.89. The van der Waals surface area contributed by atoms with Gasteiger partial charge in [-0.3, -0.25) is 4.79 Å². The number of carbonyl (C=O) groups is 1. The van der Waals surface area contributed by atoms with Crippen LogP contribution >= 0.6 is 11.8 Å². The molecule has 1 heterocycles. The summed E-state index contributed by atoms with van der Waals surface area (Å²) < 4.78 is 5.46. The third kappa shape index (κ3) is 3.12. The van der Waals surface area contributed by atoms with E-state index in [0.29, 0.717) is 12.1 Å². The van der Waals surface area contributed by atoms with Crippen LogP contribution < -0.4 is 10.6 Å². The molecule has 4 nitrogen and oxygen atoms in total. The number of thioether (sulfide) groups is 1. The van der Waals surface area contributed by atoms with Crippen LogP contribution in [0.2, 0.25) is 0 Å². The summed E-state index contributed by atoms with van der Waals surface area (Å²) in [6.07, 6.45) is 2.31. The Balaban J connectivity index is 1.64. The Labute approximate surface area is 101 Å². The second kappa shape index (κ2) is 5.89. The van der Waals surface area contributed by atoms with Gasteiger partial charge in [0, 0.05) is 30.7 Å². The predicted molar refractivity (Wildman–Crippen MR) is 65.7 cm³/mol. The number of rotatable bonds is 4. The molecule has 2 fully saturated rings. The summed E-state index contributed by atoms with van der Waals surface area (Å²) in [5, 5.41) is 6.32. The minimum absolute atomic E-state index is 0.00453. The van der Waals surface area contributed by atoms with Gasteiger partial charge in [-0.15, -0.1) is 0 Å². The molecule has 1 saturated carbocycles. The van der Waals surface area contributed by atoms with Crippen LogP contribution in [0.15, 0.2) is 0 Å². The van der Waals surface area contributed by atoms with Gasteiger partial charge in [0.25, 0.3) is 0 Å². The van der Waals surface area contributed by atoms with Gasteiger partial charge in [-0.05, 0) is 19.8 Å². The molecule has 92 valence electrons. The maximum absolute atomic E-state index is 11.8. The minimum Gasteiger partial charge on any atom is -0.378 e. The fraction of sp³-hybridized carbons (Fsp3) is 0.909. The van der Waals surface area contributed by atoms with Crippen LogP contribution in [0.4, 0.5) is 0 Å². The van der Waals surface area contributed by atoms with E-state index in [1.54, 1.807) is 0 Å². The summed E-state index contributed by atoms with van der Waals surface area (Å²) >= 11 is 1.84. The van der Waals surface area contributed by atoms with E-state index in [2.05, 4.69) is 10.6 Å². The lowest BCUT2D eigenvalue weighted by molar-refractivity contribution is -0.125. The summed E-state index contributed by atoms with van der Waals surface area (Å²) in [4.78, 5) is 11.8. The van der Waals surface area contributed by atoms with Gasteiger partial charge in [0.1, 0.15) is 0 Å². The van der Waals surface area contributed by atoms with E-state index in [-0.39, 0.29) is 11.9 Å². The molecular formula is C11H20N2O2S. The van der Waals surface area contributed by atoms with Crippen molar-refractivity contribution in [3.05, 3.63) is 0 Å². The lowest BCUT2D eigenvalue weighted by Gasteiger charge is -2.36. The van der Waals surface area contributed by atoms with Gasteiger partial charge in [-0.2, -0.15) is 11.8 Å². The fourth-order valence-corrected chi connectivity index (χ4v) is 3.02. The van der Waals surface area contributed by atoms with Crippen LogP contribution in [-0.4, -0.2) is 48.8 Å². The smallest absolute Gasteiger partial charge is 0.238 e. The van der Waals surface area contributed by atoms with Crippen LogP contribution in [0, 0.1) is 0 Å². The van der Waals surface area contributed by atoms with Gasteiger partial charge < -0.3 is 15.4 Å². The Morgan fingerprint density at radius 3 is 3.00 bits per heavy atom. The zero-order valence-electron chi connectivity index (χ0n) is 9.70. The van der Waals surface area contributed by atoms with E-state index in [1.807, 2.05) is 18.7 Å². The average Bonchev–Trinajstić information content (AvgIpc) is 2.27. The second-order valence-electron chi connectivity index (χ2n) is 4.34. The van der Waals surface area contributed by atoms with Crippen molar-refractivity contribution < 1.29 is 9.53 Å². The van der Waals surface area contributed by atoms with E-state index in [0.717, 1.165) is 37.5 Å². The molecule has 2 N–H and O–H groups in total. The summed E-state index contributed by atoms with van der Waals surface area (Å²) in [5.41, 5.74) is 0. The van der Waals surface area contributed by atoms with Crippen molar-refractivity contribution in [1.29, 1.82) is 0 Å². The Morgan fingerprint density at radius 2 is 2.38 bits per heavy atom. The van der Waals surface area contributed by atoms with Crippen molar-refractivity contribution in [2.75, 3.05) is 24.7 Å². The number of carbonyl (C=O) groups excluding carboxylic acids is 1. The maximum atomic E-state index is 11.8. The van der Waals surface area contributed by atoms with Crippen LogP contribution in [0.25, 0.3) is 0 Å². The zero-order chi connectivity index (χ0) is 11.4. The van der Waals surface area contributed by atoms with E-state index in [4.69, 9.17) is 4.74 Å². The standard InChI is InChI=1S/C11H20N2O2S/c1-2-15-9-5-8(6-9)13-11(14)10-7-16-4-3-12-10/h8-10,12H,2-7H2,1H3,(H,13,14). The Bertz CT molecular complexity index is 238. The Hall–Kier alpha value is -0.260. The van der Waals surface area contributed by atoms with Gasteiger partial charge in [-0.1, -0.05) is 0 Å². The molecule has 5 heteroatoms. The van der Waals surface area contributed by atoms with Crippen LogP contribution in [0.3, 0.4) is 0 Å². The van der Waals surface area contributed by atoms with E-state index < -0.39 is 0 Å². The third-order valence-electron chi connectivity index (χ3n) is 3.08. The first-order chi connectivity index (χ1) is 7.79. The predicted octanol–water partition coefficient (Wildman–Crippen LogP) is 0.375. The molecule has 0 aromatic rings. The molecule has 0 bridgehead atoms. The molecule has 1 aliphatic heterocycles. The third-order valence-corrected chi connectivity index (χ3v) is 4.14. The fourth-order valence-electron chi connectivity index (χ4n) is 2.09. The molecule has 1 atom stereocenters. The number of hydrogen-bond donors (Lipinski definition) is 2. The highest BCUT2D eigenvalue weighted by Crippen LogP contribution is 2.23. The first-order valence-electron chi connectivity index (χ1n) is 6.02. The topological polar surface area (TPSA) is 50.4 Å². The Kier molecular flexibility index (Phi) is 4.49. The molecule has 2 rings (SSSR count). The number of amides is 1. The minimum atomic E-state index is 0.00453. The van der Waals surface area contributed by atoms with Crippen molar-refractivity contribution in [2.45, 2.75) is 38.0 Å². The van der Waals surface area contributed by atoms with E-state index in [1.165, 1.54) is 0 Å². The number of hydrogen-bond acceptors (Lipinski definition) is 4. The highest BCUT2D eigenvalue weighted by Gasteiger charge is 2.32. The molecule has 0 aromatic heterocycles. The second-order valence-corrected chi connectivity index (χ2v) is 5.49. The largest absolute Gasteiger partial charge is 0.378 e. The molecule has 16 heavy (non-hydrogen) atoms. The summed E-state index contributed by atoms with van der Waals surface area (Å²) in [5.74, 6) is 2.17. The SMILES string of the molecule is CCOC1CC(NC(=O)C2CSCCN2)C1. The lowest BCUT2D eigenvalue weighted by Crippen LogP contribution is -2.55. The van der Waals surface area contributed by atoms with Gasteiger partial charge in [0.15, 0.2) is 0 Å².